The molecule has 41 heavy (non-hydrogen) atoms. The SMILES string of the molecule is COC(=O)C[C@@H]1COc2cc(OCc3ccc4c(c3)-c3c(C)cc(OC5CCS(=O)(=O)CC5)cc3CCO4)ccc21. The van der Waals surface area contributed by atoms with Gasteiger partial charge in [0.2, 0.25) is 0 Å². The molecule has 1 atom stereocenters. The van der Waals surface area contributed by atoms with Crippen molar-refractivity contribution in [2.45, 2.75) is 51.2 Å². The van der Waals surface area contributed by atoms with Gasteiger partial charge in [-0.3, -0.25) is 4.79 Å². The second-order valence-corrected chi connectivity index (χ2v) is 13.3. The van der Waals surface area contributed by atoms with Crippen molar-refractivity contribution in [3.63, 3.8) is 0 Å². The van der Waals surface area contributed by atoms with Gasteiger partial charge in [0.1, 0.15) is 35.7 Å². The minimum atomic E-state index is -2.93. The van der Waals surface area contributed by atoms with Crippen molar-refractivity contribution in [1.29, 1.82) is 0 Å². The second kappa shape index (κ2) is 11.3. The van der Waals surface area contributed by atoms with Crippen molar-refractivity contribution >= 4 is 15.8 Å². The van der Waals surface area contributed by atoms with Crippen LogP contribution in [0.1, 0.15) is 47.4 Å². The first-order chi connectivity index (χ1) is 19.8. The van der Waals surface area contributed by atoms with Gasteiger partial charge in [0.25, 0.3) is 0 Å². The Morgan fingerprint density at radius 2 is 1.80 bits per heavy atom. The van der Waals surface area contributed by atoms with E-state index in [-0.39, 0.29) is 29.5 Å². The molecule has 3 aromatic rings. The van der Waals surface area contributed by atoms with Gasteiger partial charge in [-0.05, 0) is 72.4 Å². The smallest absolute Gasteiger partial charge is 0.306 e. The monoisotopic (exact) mass is 578 g/mol. The highest BCUT2D eigenvalue weighted by Gasteiger charge is 2.28. The van der Waals surface area contributed by atoms with Gasteiger partial charge in [0, 0.05) is 29.5 Å². The molecule has 0 aromatic heterocycles. The van der Waals surface area contributed by atoms with E-state index in [0.717, 1.165) is 57.1 Å². The van der Waals surface area contributed by atoms with Crippen LogP contribution in [0.4, 0.5) is 0 Å². The van der Waals surface area contributed by atoms with Gasteiger partial charge in [0.05, 0.1) is 38.3 Å². The van der Waals surface area contributed by atoms with Gasteiger partial charge in [-0.2, -0.15) is 0 Å². The zero-order chi connectivity index (χ0) is 28.6. The van der Waals surface area contributed by atoms with E-state index in [0.29, 0.717) is 44.8 Å². The van der Waals surface area contributed by atoms with Crippen LogP contribution in [0.3, 0.4) is 0 Å². The zero-order valence-corrected chi connectivity index (χ0v) is 24.1. The summed E-state index contributed by atoms with van der Waals surface area (Å²) < 4.78 is 52.7. The second-order valence-electron chi connectivity index (χ2n) is 10.9. The topological polar surface area (TPSA) is 97.4 Å². The van der Waals surface area contributed by atoms with Crippen LogP contribution >= 0.6 is 0 Å². The first-order valence-corrected chi connectivity index (χ1v) is 15.8. The highest BCUT2D eigenvalue weighted by Crippen LogP contribution is 2.41. The predicted molar refractivity (Wildman–Crippen MR) is 154 cm³/mol. The number of benzene rings is 3. The molecule has 3 aliphatic rings. The van der Waals surface area contributed by atoms with E-state index in [4.69, 9.17) is 23.7 Å². The van der Waals surface area contributed by atoms with E-state index >= 15 is 0 Å². The molecule has 0 amide bonds. The molecule has 6 rings (SSSR count). The molecule has 0 aliphatic carbocycles. The summed E-state index contributed by atoms with van der Waals surface area (Å²) in [5.74, 6) is 3.16. The molecule has 216 valence electrons. The van der Waals surface area contributed by atoms with Crippen LogP contribution in [0.5, 0.6) is 23.0 Å². The van der Waals surface area contributed by atoms with Crippen molar-refractivity contribution in [2.24, 2.45) is 0 Å². The molecule has 0 radical (unpaired) electrons. The van der Waals surface area contributed by atoms with Crippen molar-refractivity contribution in [3.05, 3.63) is 70.8 Å². The Hall–Kier alpha value is -3.72. The number of aryl methyl sites for hydroxylation is 1. The third-order valence-electron chi connectivity index (χ3n) is 8.05. The van der Waals surface area contributed by atoms with Crippen LogP contribution < -0.4 is 18.9 Å². The van der Waals surface area contributed by atoms with E-state index < -0.39 is 9.84 Å². The van der Waals surface area contributed by atoms with Crippen molar-refractivity contribution < 1.29 is 36.9 Å². The number of hydrogen-bond donors (Lipinski definition) is 0. The lowest BCUT2D eigenvalue weighted by atomic mass is 9.92. The fourth-order valence-electron chi connectivity index (χ4n) is 5.88. The van der Waals surface area contributed by atoms with Gasteiger partial charge in [0.15, 0.2) is 9.84 Å². The first-order valence-electron chi connectivity index (χ1n) is 14.0. The highest BCUT2D eigenvalue weighted by molar-refractivity contribution is 7.91. The molecule has 8 nitrogen and oxygen atoms in total. The van der Waals surface area contributed by atoms with Crippen LogP contribution in [0.15, 0.2) is 48.5 Å². The average Bonchev–Trinajstić information content (AvgIpc) is 3.25. The Labute approximate surface area is 240 Å². The number of rotatable bonds is 7. The summed E-state index contributed by atoms with van der Waals surface area (Å²) in [6.07, 6.45) is 2.01. The molecule has 3 heterocycles. The largest absolute Gasteiger partial charge is 0.493 e. The molecular formula is C32H34O8S. The Bertz CT molecular complexity index is 1560. The predicted octanol–water partition coefficient (Wildman–Crippen LogP) is 5.17. The standard InChI is InChI=1S/C32H34O8S/c1-20-13-26(40-24-8-11-41(34,35)12-9-24)15-22-7-10-37-29-6-3-21(14-28(29)32(20)22)18-38-25-4-5-27-23(16-31(33)36-2)19-39-30(27)17-25/h3-6,13-15,17,23-24H,7-12,16,18-19H2,1-2H3/t23-/m1/s1. The normalized spacial score (nSPS) is 19.0. The fourth-order valence-corrected chi connectivity index (χ4v) is 7.33. The van der Waals surface area contributed by atoms with Gasteiger partial charge in [-0.1, -0.05) is 12.1 Å². The lowest BCUT2D eigenvalue weighted by Gasteiger charge is -2.24. The van der Waals surface area contributed by atoms with E-state index in [1.165, 1.54) is 7.11 Å². The zero-order valence-electron chi connectivity index (χ0n) is 23.3. The molecule has 1 saturated heterocycles. The third-order valence-corrected chi connectivity index (χ3v) is 9.76. The Kier molecular flexibility index (Phi) is 7.55. The summed E-state index contributed by atoms with van der Waals surface area (Å²) >= 11 is 0. The lowest BCUT2D eigenvalue weighted by molar-refractivity contribution is -0.141. The van der Waals surface area contributed by atoms with E-state index in [9.17, 15) is 13.2 Å². The number of carbonyl (C=O) groups is 1. The van der Waals surface area contributed by atoms with Gasteiger partial charge >= 0.3 is 5.97 Å². The molecule has 0 N–H and O–H groups in total. The summed E-state index contributed by atoms with van der Waals surface area (Å²) in [5, 5.41) is 0. The molecule has 9 heteroatoms. The molecule has 0 unspecified atom stereocenters. The van der Waals surface area contributed by atoms with Crippen molar-refractivity contribution in [3.8, 4) is 34.1 Å². The van der Waals surface area contributed by atoms with Crippen LogP contribution in [0, 0.1) is 6.92 Å². The van der Waals surface area contributed by atoms with Gasteiger partial charge in [-0.25, -0.2) is 8.42 Å². The number of carbonyl (C=O) groups excluding carboxylic acids is 1. The van der Waals surface area contributed by atoms with E-state index in [1.54, 1.807) is 0 Å². The van der Waals surface area contributed by atoms with Gasteiger partial charge < -0.3 is 23.7 Å². The van der Waals surface area contributed by atoms with E-state index in [2.05, 4.69) is 19.1 Å². The maximum atomic E-state index is 11.8. The van der Waals surface area contributed by atoms with Crippen LogP contribution in [0.2, 0.25) is 0 Å². The van der Waals surface area contributed by atoms with E-state index in [1.807, 2.05) is 36.4 Å². The van der Waals surface area contributed by atoms with Crippen molar-refractivity contribution in [2.75, 3.05) is 31.8 Å². The van der Waals surface area contributed by atoms with Crippen LogP contribution in [-0.2, 0) is 32.4 Å². The third kappa shape index (κ3) is 6.00. The molecule has 3 aliphatic heterocycles. The summed E-state index contributed by atoms with van der Waals surface area (Å²) in [6, 6.07) is 16.0. The molecular weight excluding hydrogens is 544 g/mol. The number of ether oxygens (including phenoxy) is 5. The number of esters is 1. The number of hydrogen-bond acceptors (Lipinski definition) is 8. The first kappa shape index (κ1) is 27.4. The minimum absolute atomic E-state index is 0.0101. The Balaban J connectivity index is 1.18. The lowest BCUT2D eigenvalue weighted by Crippen LogP contribution is -2.30. The average molecular weight is 579 g/mol. The molecule has 3 aromatic carbocycles. The summed E-state index contributed by atoms with van der Waals surface area (Å²) in [4.78, 5) is 11.7. The minimum Gasteiger partial charge on any atom is -0.493 e. The maximum Gasteiger partial charge on any atom is 0.306 e. The Morgan fingerprint density at radius 1 is 0.976 bits per heavy atom. The number of methoxy groups -OCH3 is 1. The number of fused-ring (bicyclic) bond motifs is 4. The maximum absolute atomic E-state index is 11.8. The highest BCUT2D eigenvalue weighted by atomic mass is 32.2. The molecule has 0 bridgehead atoms. The Morgan fingerprint density at radius 3 is 2.61 bits per heavy atom. The van der Waals surface area contributed by atoms with Crippen LogP contribution in [-0.4, -0.2) is 52.3 Å². The quantitative estimate of drug-likeness (QED) is 0.354. The van der Waals surface area contributed by atoms with Crippen LogP contribution in [0.25, 0.3) is 11.1 Å². The summed E-state index contributed by atoms with van der Waals surface area (Å²) in [5.41, 5.74) is 6.40. The summed E-state index contributed by atoms with van der Waals surface area (Å²) in [7, 11) is -1.54. The summed E-state index contributed by atoms with van der Waals surface area (Å²) in [6.45, 7) is 3.46. The molecule has 1 fully saturated rings. The molecule has 0 spiro atoms. The fraction of sp³-hybridized carbons (Fsp3) is 0.406. The number of sulfone groups is 1. The van der Waals surface area contributed by atoms with Crippen molar-refractivity contribution in [1.82, 2.24) is 0 Å². The van der Waals surface area contributed by atoms with Gasteiger partial charge in [-0.15, -0.1) is 0 Å². The molecule has 0 saturated carbocycles.